The second-order valence-corrected chi connectivity index (χ2v) is 18.1. The van der Waals surface area contributed by atoms with Crippen LogP contribution in [-0.4, -0.2) is 112 Å². The Kier molecular flexibility index (Phi) is 12.9. The molecule has 4 amide bonds. The largest absolute Gasteiger partial charge is 0.444 e. The van der Waals surface area contributed by atoms with Crippen molar-refractivity contribution >= 4 is 35.6 Å². The number of carbonyl (C=O) groups excluding carboxylic acids is 4. The lowest BCUT2D eigenvalue weighted by atomic mass is 9.79. The number of nitrogens with one attached hydrogen (secondary N) is 1. The zero-order valence-electron chi connectivity index (χ0n) is 34.3. The van der Waals surface area contributed by atoms with Crippen LogP contribution in [0.3, 0.4) is 0 Å². The fourth-order valence-electron chi connectivity index (χ4n) is 8.23. The number of ether oxygens (including phenoxy) is 2. The van der Waals surface area contributed by atoms with E-state index in [-0.39, 0.29) is 30.5 Å². The van der Waals surface area contributed by atoms with Gasteiger partial charge in [0.2, 0.25) is 11.8 Å². The molecule has 3 aromatic rings. The van der Waals surface area contributed by atoms with Crippen LogP contribution in [0.4, 0.5) is 9.59 Å². The lowest BCUT2D eigenvalue weighted by Gasteiger charge is -2.52. The molecule has 3 heterocycles. The summed E-state index contributed by atoms with van der Waals surface area (Å²) in [7, 11) is 0. The van der Waals surface area contributed by atoms with Crippen LogP contribution in [-0.2, 0) is 44.9 Å². The number of likely N-dealkylation sites (tertiary alicyclic amines) is 1. The predicted octanol–water partition coefficient (Wildman–Crippen LogP) is 6.89. The third-order valence-corrected chi connectivity index (χ3v) is 11.4. The number of hydrogen-bond acceptors (Lipinski definition) is 7. The van der Waals surface area contributed by atoms with Gasteiger partial charge in [0.25, 0.3) is 0 Å². The molecule has 11 nitrogen and oxygen atoms in total. The minimum Gasteiger partial charge on any atom is -0.444 e. The van der Waals surface area contributed by atoms with Crippen molar-refractivity contribution in [2.45, 2.75) is 109 Å². The van der Waals surface area contributed by atoms with Gasteiger partial charge in [-0.15, -0.1) is 0 Å². The molecule has 0 bridgehead atoms. The molecule has 0 aromatic heterocycles. The molecule has 3 aromatic carbocycles. The van der Waals surface area contributed by atoms with Crippen LogP contribution in [0.5, 0.6) is 0 Å². The van der Waals surface area contributed by atoms with Crippen molar-refractivity contribution < 1.29 is 28.7 Å². The van der Waals surface area contributed by atoms with Crippen LogP contribution in [0.15, 0.2) is 78.9 Å². The Labute approximate surface area is 342 Å². The van der Waals surface area contributed by atoms with E-state index in [4.69, 9.17) is 21.1 Å². The second-order valence-electron chi connectivity index (χ2n) is 17.7. The number of rotatable bonds is 8. The van der Waals surface area contributed by atoms with Gasteiger partial charge in [-0.1, -0.05) is 78.3 Å². The molecule has 3 aliphatic rings. The third kappa shape index (κ3) is 10.9. The molecule has 2 unspecified atom stereocenters. The molecular weight excluding hydrogens is 742 g/mol. The van der Waals surface area contributed by atoms with Crippen molar-refractivity contribution in [1.29, 1.82) is 0 Å². The topological polar surface area (TPSA) is 112 Å². The number of halogens is 1. The highest BCUT2D eigenvalue weighted by molar-refractivity contribution is 6.30. The van der Waals surface area contributed by atoms with Gasteiger partial charge in [0.1, 0.15) is 23.3 Å². The number of carbonyl (C=O) groups is 4. The van der Waals surface area contributed by atoms with E-state index in [0.717, 1.165) is 36.0 Å². The van der Waals surface area contributed by atoms with Crippen molar-refractivity contribution in [3.8, 4) is 0 Å². The Morgan fingerprint density at radius 1 is 0.719 bits per heavy atom. The molecule has 6 rings (SSSR count). The van der Waals surface area contributed by atoms with Gasteiger partial charge in [0, 0.05) is 62.7 Å². The maximum absolute atomic E-state index is 14.6. The highest BCUT2D eigenvalue weighted by Gasteiger charge is 2.44. The number of nitrogens with zero attached hydrogens (tertiary/aromatic N) is 4. The highest BCUT2D eigenvalue weighted by Crippen LogP contribution is 2.35. The number of hydrogen-bond donors (Lipinski definition) is 1. The van der Waals surface area contributed by atoms with Gasteiger partial charge < -0.3 is 24.6 Å². The quantitative estimate of drug-likeness (QED) is 0.265. The van der Waals surface area contributed by atoms with Gasteiger partial charge in [-0.3, -0.25) is 19.4 Å². The summed E-state index contributed by atoms with van der Waals surface area (Å²) in [5, 5.41) is 3.68. The monoisotopic (exact) mass is 799 g/mol. The smallest absolute Gasteiger partial charge is 0.411 e. The van der Waals surface area contributed by atoms with E-state index in [2.05, 4.69) is 34.5 Å². The molecular formula is C45H58ClN5O6. The van der Waals surface area contributed by atoms with Gasteiger partial charge >= 0.3 is 12.2 Å². The Morgan fingerprint density at radius 2 is 1.30 bits per heavy atom. The SMILES string of the molecule is CC(C)(C)OC(=O)N1CCC(Cc2ccccc2)(N2CCN(C(=O)C(Cc3ccc(Cl)cc3)NC(=O)C3Cc4ccccc4CN3C(=O)OC(C)(C)C)CC2)CC1. The van der Waals surface area contributed by atoms with Crippen molar-refractivity contribution in [1.82, 2.24) is 24.9 Å². The molecule has 1 N–H and O–H groups in total. The highest BCUT2D eigenvalue weighted by atomic mass is 35.5. The summed E-state index contributed by atoms with van der Waals surface area (Å²) in [4.78, 5) is 63.1. The molecule has 0 aliphatic carbocycles. The maximum Gasteiger partial charge on any atom is 0.411 e. The third-order valence-electron chi connectivity index (χ3n) is 11.1. The standard InChI is InChI=1S/C45H58ClN5O6/c1-43(2,3)56-41(54)49-22-20-45(21-23-49,30-33-12-8-7-9-13-33)50-26-24-48(25-27-50)40(53)37(28-32-16-18-36(46)19-17-32)47-39(52)38-29-34-14-10-11-15-35(34)31-51(38)42(55)57-44(4,5)6/h7-19,37-38H,20-31H2,1-6H3,(H,47,52). The molecule has 0 saturated carbocycles. The van der Waals surface area contributed by atoms with Gasteiger partial charge in [-0.25, -0.2) is 9.59 Å². The van der Waals surface area contributed by atoms with Gasteiger partial charge in [-0.2, -0.15) is 0 Å². The summed E-state index contributed by atoms with van der Waals surface area (Å²) < 4.78 is 11.5. The Bertz CT molecular complexity index is 1880. The van der Waals surface area contributed by atoms with Crippen LogP contribution >= 0.6 is 11.6 Å². The van der Waals surface area contributed by atoms with Crippen LogP contribution in [0, 0.1) is 0 Å². The molecule has 2 atom stereocenters. The van der Waals surface area contributed by atoms with Crippen molar-refractivity contribution in [2.24, 2.45) is 0 Å². The number of piperazine rings is 1. The van der Waals surface area contributed by atoms with Gasteiger partial charge in [0.15, 0.2) is 0 Å². The first-order chi connectivity index (χ1) is 27.0. The number of piperidine rings is 1. The Hall–Kier alpha value is -4.61. The minimum atomic E-state index is -0.877. The van der Waals surface area contributed by atoms with E-state index < -0.39 is 35.3 Å². The first-order valence-corrected chi connectivity index (χ1v) is 20.5. The van der Waals surface area contributed by atoms with E-state index >= 15 is 0 Å². The van der Waals surface area contributed by atoms with E-state index in [1.165, 1.54) is 10.5 Å². The first kappa shape index (κ1) is 42.0. The zero-order chi connectivity index (χ0) is 41.0. The van der Waals surface area contributed by atoms with E-state index in [1.807, 2.05) is 73.0 Å². The normalized spacial score (nSPS) is 19.3. The van der Waals surface area contributed by atoms with Crippen LogP contribution in [0.2, 0.25) is 5.02 Å². The Morgan fingerprint density at radius 3 is 1.91 bits per heavy atom. The van der Waals surface area contributed by atoms with Crippen molar-refractivity contribution in [3.05, 3.63) is 106 Å². The Balaban J connectivity index is 1.19. The summed E-state index contributed by atoms with van der Waals surface area (Å²) in [5.41, 5.74) is 2.51. The summed E-state index contributed by atoms with van der Waals surface area (Å²) in [6.07, 6.45) is 2.10. The summed E-state index contributed by atoms with van der Waals surface area (Å²) >= 11 is 6.22. The van der Waals surface area contributed by atoms with Gasteiger partial charge in [-0.05, 0) is 95.2 Å². The molecule has 306 valence electrons. The summed E-state index contributed by atoms with van der Waals surface area (Å²) in [5.74, 6) is -0.574. The van der Waals surface area contributed by atoms with Crippen LogP contribution in [0.25, 0.3) is 0 Å². The molecule has 2 saturated heterocycles. The maximum atomic E-state index is 14.6. The molecule has 2 fully saturated rings. The molecule has 0 radical (unpaired) electrons. The second kappa shape index (κ2) is 17.5. The first-order valence-electron chi connectivity index (χ1n) is 20.2. The summed E-state index contributed by atoms with van der Waals surface area (Å²) in [6.45, 7) is 14.7. The van der Waals surface area contributed by atoms with Crippen molar-refractivity contribution in [2.75, 3.05) is 39.3 Å². The molecule has 12 heteroatoms. The average molecular weight is 800 g/mol. The molecule has 57 heavy (non-hydrogen) atoms. The molecule has 0 spiro atoms. The lowest BCUT2D eigenvalue weighted by Crippen LogP contribution is -2.64. The number of amides is 4. The zero-order valence-corrected chi connectivity index (χ0v) is 35.0. The lowest BCUT2D eigenvalue weighted by molar-refractivity contribution is -0.140. The van der Waals surface area contributed by atoms with E-state index in [9.17, 15) is 19.2 Å². The van der Waals surface area contributed by atoms with Crippen LogP contribution < -0.4 is 5.32 Å². The number of benzene rings is 3. The average Bonchev–Trinajstić information content (AvgIpc) is 3.17. The van der Waals surface area contributed by atoms with Crippen molar-refractivity contribution in [3.63, 3.8) is 0 Å². The summed E-state index contributed by atoms with van der Waals surface area (Å²) in [6, 6.07) is 23.8. The predicted molar refractivity (Wildman–Crippen MR) is 221 cm³/mol. The fourth-order valence-corrected chi connectivity index (χ4v) is 8.35. The fraction of sp³-hybridized carbons (Fsp3) is 0.511. The van der Waals surface area contributed by atoms with Gasteiger partial charge in [0.05, 0.1) is 6.54 Å². The van der Waals surface area contributed by atoms with E-state index in [1.54, 1.807) is 32.9 Å². The number of fused-ring (bicyclic) bond motifs is 1. The molecule has 3 aliphatic heterocycles. The minimum absolute atomic E-state index is 0.171. The van der Waals surface area contributed by atoms with Crippen LogP contribution in [0.1, 0.15) is 76.6 Å². The van der Waals surface area contributed by atoms with E-state index in [0.29, 0.717) is 50.7 Å².